The first-order valence-corrected chi connectivity index (χ1v) is 7.98. The minimum absolute atomic E-state index is 0.00824. The summed E-state index contributed by atoms with van der Waals surface area (Å²) in [5, 5.41) is 6.51. The smallest absolute Gasteiger partial charge is 0.255 e. The van der Waals surface area contributed by atoms with Crippen molar-refractivity contribution in [1.29, 1.82) is 0 Å². The molecule has 0 saturated heterocycles. The van der Waals surface area contributed by atoms with E-state index in [1.165, 1.54) is 0 Å². The van der Waals surface area contributed by atoms with E-state index in [-0.39, 0.29) is 11.8 Å². The molecule has 0 aliphatic carbocycles. The molecule has 6 heteroatoms. The van der Waals surface area contributed by atoms with E-state index in [2.05, 4.69) is 10.6 Å². The molecule has 1 aliphatic heterocycles. The Morgan fingerprint density at radius 1 is 1.09 bits per heavy atom. The van der Waals surface area contributed by atoms with Crippen LogP contribution in [0.25, 0.3) is 0 Å². The van der Waals surface area contributed by atoms with Crippen LogP contribution in [0.1, 0.15) is 28.8 Å². The van der Waals surface area contributed by atoms with E-state index in [9.17, 15) is 9.59 Å². The van der Waals surface area contributed by atoms with Gasteiger partial charge in [-0.25, -0.2) is 0 Å². The third-order valence-electron chi connectivity index (χ3n) is 3.67. The summed E-state index contributed by atoms with van der Waals surface area (Å²) in [5.41, 5.74) is 2.76. The van der Waals surface area contributed by atoms with Crippen LogP contribution in [-0.4, -0.2) is 11.8 Å². The van der Waals surface area contributed by atoms with Gasteiger partial charge in [-0.05, 0) is 54.8 Å². The highest BCUT2D eigenvalue weighted by atomic mass is 35.5. The van der Waals surface area contributed by atoms with Gasteiger partial charge in [-0.15, -0.1) is 0 Å². The summed E-state index contributed by atoms with van der Waals surface area (Å²) in [6.45, 7) is 0. The number of benzene rings is 2. The maximum atomic E-state index is 12.4. The molecule has 2 aromatic carbocycles. The number of hydrogen-bond acceptors (Lipinski definition) is 2. The van der Waals surface area contributed by atoms with Gasteiger partial charge in [-0.3, -0.25) is 9.59 Å². The summed E-state index contributed by atoms with van der Waals surface area (Å²) < 4.78 is 0. The van der Waals surface area contributed by atoms with Crippen molar-refractivity contribution in [3.63, 3.8) is 0 Å². The molecule has 0 bridgehead atoms. The Morgan fingerprint density at radius 2 is 1.91 bits per heavy atom. The monoisotopic (exact) mass is 348 g/mol. The van der Waals surface area contributed by atoms with Gasteiger partial charge >= 0.3 is 0 Å². The quantitative estimate of drug-likeness (QED) is 0.837. The van der Waals surface area contributed by atoms with E-state index in [4.69, 9.17) is 23.2 Å². The molecule has 0 atom stereocenters. The number of rotatable bonds is 2. The molecule has 0 aromatic heterocycles. The van der Waals surface area contributed by atoms with Gasteiger partial charge in [0.15, 0.2) is 0 Å². The third kappa shape index (κ3) is 3.66. The van der Waals surface area contributed by atoms with Crippen molar-refractivity contribution < 1.29 is 9.59 Å². The van der Waals surface area contributed by atoms with Gasteiger partial charge in [0.25, 0.3) is 5.91 Å². The Balaban J connectivity index is 1.83. The zero-order valence-corrected chi connectivity index (χ0v) is 13.7. The highest BCUT2D eigenvalue weighted by Crippen LogP contribution is 2.27. The molecule has 1 aliphatic rings. The Kier molecular flexibility index (Phi) is 4.55. The lowest BCUT2D eigenvalue weighted by atomic mass is 10.0. The molecule has 2 amide bonds. The van der Waals surface area contributed by atoms with Gasteiger partial charge in [0, 0.05) is 22.7 Å². The Bertz CT molecular complexity index is 790. The molecular weight excluding hydrogens is 335 g/mol. The van der Waals surface area contributed by atoms with E-state index in [1.54, 1.807) is 36.4 Å². The Labute approximate surface area is 143 Å². The predicted octanol–water partition coefficient (Wildman–Crippen LogP) is 4.52. The molecule has 1 heterocycles. The molecule has 4 nitrogen and oxygen atoms in total. The van der Waals surface area contributed by atoms with E-state index in [1.807, 2.05) is 0 Å². The van der Waals surface area contributed by atoms with E-state index >= 15 is 0 Å². The Hall–Kier alpha value is -2.04. The second-order valence-corrected chi connectivity index (χ2v) is 6.20. The lowest BCUT2D eigenvalue weighted by Gasteiger charge is -2.11. The van der Waals surface area contributed by atoms with Crippen LogP contribution in [0.2, 0.25) is 10.0 Å². The molecule has 118 valence electrons. The average Bonchev–Trinajstić information content (AvgIpc) is 2.69. The number of hydrogen-bond donors (Lipinski definition) is 2. The maximum Gasteiger partial charge on any atom is 0.255 e. The number of anilines is 2. The standard InChI is InChI=1S/C17H14Cl2N2O2/c18-12-5-7-15(13(19)9-12)21-17(23)11-4-6-14-10(8-11)2-1-3-16(22)20-14/h4-9H,1-3H2,(H,20,22)(H,21,23). The number of carbonyl (C=O) groups is 2. The molecule has 3 rings (SSSR count). The summed E-state index contributed by atoms with van der Waals surface area (Å²) in [7, 11) is 0. The Morgan fingerprint density at radius 3 is 2.70 bits per heavy atom. The molecule has 2 N–H and O–H groups in total. The van der Waals surface area contributed by atoms with Crippen LogP contribution >= 0.6 is 23.2 Å². The fourth-order valence-corrected chi connectivity index (χ4v) is 2.96. The van der Waals surface area contributed by atoms with Crippen LogP contribution in [0.4, 0.5) is 11.4 Å². The van der Waals surface area contributed by atoms with Crippen molar-refractivity contribution in [2.75, 3.05) is 10.6 Å². The van der Waals surface area contributed by atoms with Crippen LogP contribution < -0.4 is 10.6 Å². The normalized spacial score (nSPS) is 13.7. The number of fused-ring (bicyclic) bond motifs is 1. The number of halogens is 2. The fourth-order valence-electron chi connectivity index (χ4n) is 2.50. The van der Waals surface area contributed by atoms with Gasteiger partial charge < -0.3 is 10.6 Å². The lowest BCUT2D eigenvalue weighted by Crippen LogP contribution is -2.13. The minimum atomic E-state index is -0.257. The molecule has 23 heavy (non-hydrogen) atoms. The van der Waals surface area contributed by atoms with E-state index < -0.39 is 0 Å². The summed E-state index contributed by atoms with van der Waals surface area (Å²) in [6, 6.07) is 10.1. The summed E-state index contributed by atoms with van der Waals surface area (Å²) >= 11 is 11.9. The highest BCUT2D eigenvalue weighted by Gasteiger charge is 2.15. The zero-order valence-electron chi connectivity index (χ0n) is 12.2. The second kappa shape index (κ2) is 6.60. The summed E-state index contributed by atoms with van der Waals surface area (Å²) in [4.78, 5) is 24.0. The topological polar surface area (TPSA) is 58.2 Å². The van der Waals surface area contributed by atoms with Crippen LogP contribution in [-0.2, 0) is 11.2 Å². The molecule has 0 unspecified atom stereocenters. The van der Waals surface area contributed by atoms with Crippen molar-refractivity contribution in [3.05, 3.63) is 57.6 Å². The van der Waals surface area contributed by atoms with Gasteiger partial charge in [0.1, 0.15) is 0 Å². The average molecular weight is 349 g/mol. The first kappa shape index (κ1) is 15.8. The van der Waals surface area contributed by atoms with E-state index in [0.717, 1.165) is 24.1 Å². The molecule has 2 aromatic rings. The summed E-state index contributed by atoms with van der Waals surface area (Å²) in [6.07, 6.45) is 2.03. The molecule has 0 spiro atoms. The highest BCUT2D eigenvalue weighted by molar-refractivity contribution is 6.36. The fraction of sp³-hybridized carbons (Fsp3) is 0.176. The minimum Gasteiger partial charge on any atom is -0.326 e. The van der Waals surface area contributed by atoms with Crippen molar-refractivity contribution >= 4 is 46.4 Å². The van der Waals surface area contributed by atoms with Crippen LogP contribution in [0.15, 0.2) is 36.4 Å². The molecule has 0 saturated carbocycles. The van der Waals surface area contributed by atoms with Gasteiger partial charge in [-0.1, -0.05) is 23.2 Å². The van der Waals surface area contributed by atoms with Crippen LogP contribution in [0.3, 0.4) is 0 Å². The first-order valence-electron chi connectivity index (χ1n) is 7.22. The van der Waals surface area contributed by atoms with Crippen molar-refractivity contribution in [2.24, 2.45) is 0 Å². The van der Waals surface area contributed by atoms with Crippen molar-refractivity contribution in [1.82, 2.24) is 0 Å². The SMILES string of the molecule is O=C1CCCc2cc(C(=O)Nc3ccc(Cl)cc3Cl)ccc2N1. The largest absolute Gasteiger partial charge is 0.326 e. The van der Waals surface area contributed by atoms with Crippen LogP contribution in [0.5, 0.6) is 0 Å². The second-order valence-electron chi connectivity index (χ2n) is 5.35. The number of carbonyl (C=O) groups excluding carboxylic acids is 2. The first-order chi connectivity index (χ1) is 11.0. The van der Waals surface area contributed by atoms with Crippen molar-refractivity contribution in [2.45, 2.75) is 19.3 Å². The summed E-state index contributed by atoms with van der Waals surface area (Å²) in [5.74, 6) is -0.249. The number of nitrogens with one attached hydrogen (secondary N) is 2. The van der Waals surface area contributed by atoms with Crippen LogP contribution in [0, 0.1) is 0 Å². The van der Waals surface area contributed by atoms with Gasteiger partial charge in [-0.2, -0.15) is 0 Å². The maximum absolute atomic E-state index is 12.4. The zero-order chi connectivity index (χ0) is 16.4. The lowest BCUT2D eigenvalue weighted by molar-refractivity contribution is -0.116. The molecule has 0 fully saturated rings. The molecular formula is C17H14Cl2N2O2. The number of amides is 2. The van der Waals surface area contributed by atoms with Crippen molar-refractivity contribution in [3.8, 4) is 0 Å². The number of aryl methyl sites for hydroxylation is 1. The van der Waals surface area contributed by atoms with E-state index in [0.29, 0.717) is 27.7 Å². The van der Waals surface area contributed by atoms with Gasteiger partial charge in [0.2, 0.25) is 5.91 Å². The molecule has 0 radical (unpaired) electrons. The predicted molar refractivity (Wildman–Crippen MR) is 92.4 cm³/mol. The van der Waals surface area contributed by atoms with Gasteiger partial charge in [0.05, 0.1) is 10.7 Å². The third-order valence-corrected chi connectivity index (χ3v) is 4.22.